The number of hydrogen-bond acceptors (Lipinski definition) is 6. The number of likely N-dealkylation sites (tertiary alicyclic amines) is 1. The van der Waals surface area contributed by atoms with Crippen molar-refractivity contribution in [1.29, 1.82) is 0 Å². The lowest BCUT2D eigenvalue weighted by molar-refractivity contribution is -0.0789. The van der Waals surface area contributed by atoms with Crippen LogP contribution in [0.3, 0.4) is 0 Å². The highest BCUT2D eigenvalue weighted by molar-refractivity contribution is 5.91. The van der Waals surface area contributed by atoms with Gasteiger partial charge in [0.1, 0.15) is 12.4 Å². The zero-order chi connectivity index (χ0) is 17.3. The second kappa shape index (κ2) is 6.44. The average Bonchev–Trinajstić information content (AvgIpc) is 3.30. The van der Waals surface area contributed by atoms with Gasteiger partial charge < -0.3 is 14.4 Å². The van der Waals surface area contributed by atoms with E-state index in [2.05, 4.69) is 20.2 Å². The fourth-order valence-corrected chi connectivity index (χ4v) is 4.04. The Morgan fingerprint density at radius 3 is 3.00 bits per heavy atom. The van der Waals surface area contributed by atoms with Gasteiger partial charge >= 0.3 is 0 Å². The van der Waals surface area contributed by atoms with Crippen molar-refractivity contribution in [3.63, 3.8) is 0 Å². The second-order valence-electron chi connectivity index (χ2n) is 6.55. The van der Waals surface area contributed by atoms with Crippen LogP contribution in [0, 0.1) is 0 Å². The van der Waals surface area contributed by atoms with Crippen LogP contribution in [0.5, 0.6) is 5.88 Å². The van der Waals surface area contributed by atoms with Crippen molar-refractivity contribution in [3.05, 3.63) is 36.5 Å². The normalized spacial score (nSPS) is 28.6. The maximum atomic E-state index is 12.8. The molecular weight excluding hydrogens is 322 g/mol. The van der Waals surface area contributed by atoms with Gasteiger partial charge in [-0.15, -0.1) is 0 Å². The Morgan fingerprint density at radius 1 is 1.36 bits per heavy atom. The van der Waals surface area contributed by atoms with Crippen LogP contribution < -0.4 is 4.74 Å². The topological polar surface area (TPSA) is 93.2 Å². The molecule has 0 aromatic carbocycles. The van der Waals surface area contributed by atoms with Crippen LogP contribution in [0.2, 0.25) is 0 Å². The van der Waals surface area contributed by atoms with Crippen LogP contribution in [0.4, 0.5) is 0 Å². The van der Waals surface area contributed by atoms with Crippen molar-refractivity contribution in [1.82, 2.24) is 25.1 Å². The van der Waals surface area contributed by atoms with Crippen LogP contribution >= 0.6 is 0 Å². The number of H-pyrrole nitrogens is 1. The molecule has 3 heterocycles. The van der Waals surface area contributed by atoms with Gasteiger partial charge in [0.25, 0.3) is 5.91 Å². The Labute approximate surface area is 145 Å². The summed E-state index contributed by atoms with van der Waals surface area (Å²) in [6, 6.07) is 5.57. The van der Waals surface area contributed by atoms with Gasteiger partial charge in [0.05, 0.1) is 11.6 Å². The van der Waals surface area contributed by atoms with E-state index in [0.29, 0.717) is 18.8 Å². The molecule has 2 aliphatic rings. The molecule has 2 fully saturated rings. The van der Waals surface area contributed by atoms with Gasteiger partial charge in [0.2, 0.25) is 11.7 Å². The number of carbonyl (C=O) groups is 1. The minimum Gasteiger partial charge on any atom is -0.474 e. The Morgan fingerprint density at radius 2 is 2.28 bits per heavy atom. The Bertz CT molecular complexity index is 723. The van der Waals surface area contributed by atoms with Crippen LogP contribution in [0.15, 0.2) is 30.7 Å². The highest BCUT2D eigenvalue weighted by Gasteiger charge is 2.53. The Hall–Kier alpha value is -2.48. The van der Waals surface area contributed by atoms with Crippen LogP contribution in [-0.4, -0.2) is 62.4 Å². The van der Waals surface area contributed by atoms with E-state index in [1.54, 1.807) is 13.3 Å². The average molecular weight is 343 g/mol. The molecule has 2 aromatic heterocycles. The minimum atomic E-state index is -0.306. The number of aromatic nitrogens is 4. The monoisotopic (exact) mass is 343 g/mol. The lowest BCUT2D eigenvalue weighted by Gasteiger charge is -2.43. The number of nitrogens with one attached hydrogen (secondary N) is 1. The van der Waals surface area contributed by atoms with Gasteiger partial charge in [-0.25, -0.2) is 9.97 Å². The predicted octanol–water partition coefficient (Wildman–Crippen LogP) is 1.43. The predicted molar refractivity (Wildman–Crippen MR) is 88.1 cm³/mol. The van der Waals surface area contributed by atoms with E-state index < -0.39 is 0 Å². The summed E-state index contributed by atoms with van der Waals surface area (Å²) >= 11 is 0. The van der Waals surface area contributed by atoms with E-state index in [1.807, 2.05) is 23.1 Å². The first kappa shape index (κ1) is 16.0. The molecule has 0 radical (unpaired) electrons. The first-order valence-corrected chi connectivity index (χ1v) is 8.51. The summed E-state index contributed by atoms with van der Waals surface area (Å²) < 4.78 is 11.9. The SMILES string of the molecule is CO[C@@]12CC[C@@H](Oc3ccccn3)C[C@@H]1N(C(=O)c1ncn[nH]1)CC2. The minimum absolute atomic E-state index is 0.00583. The molecule has 4 rings (SSSR count). The van der Waals surface area contributed by atoms with Crippen molar-refractivity contribution < 1.29 is 14.3 Å². The number of carbonyl (C=O) groups excluding carboxylic acids is 1. The second-order valence-corrected chi connectivity index (χ2v) is 6.55. The van der Waals surface area contributed by atoms with Crippen LogP contribution in [0.1, 0.15) is 36.3 Å². The third-order valence-corrected chi connectivity index (χ3v) is 5.35. The van der Waals surface area contributed by atoms with E-state index in [4.69, 9.17) is 9.47 Å². The lowest BCUT2D eigenvalue weighted by Crippen LogP contribution is -2.53. The first-order chi connectivity index (χ1) is 12.2. The molecule has 2 aromatic rings. The number of nitrogens with zero attached hydrogens (tertiary/aromatic N) is 4. The maximum absolute atomic E-state index is 12.8. The Kier molecular flexibility index (Phi) is 4.12. The summed E-state index contributed by atoms with van der Waals surface area (Å²) in [4.78, 5) is 22.8. The summed E-state index contributed by atoms with van der Waals surface area (Å²) in [7, 11) is 1.73. The van der Waals surface area contributed by atoms with Gasteiger partial charge in [0.15, 0.2) is 0 Å². The summed E-state index contributed by atoms with van der Waals surface area (Å²) in [5.74, 6) is 0.739. The van der Waals surface area contributed by atoms with Gasteiger partial charge in [-0.1, -0.05) is 6.07 Å². The molecule has 8 nitrogen and oxygen atoms in total. The molecule has 1 N–H and O–H groups in total. The van der Waals surface area contributed by atoms with E-state index in [9.17, 15) is 4.79 Å². The highest BCUT2D eigenvalue weighted by Crippen LogP contribution is 2.43. The van der Waals surface area contributed by atoms with Gasteiger partial charge in [-0.05, 0) is 25.3 Å². The number of pyridine rings is 1. The number of fused-ring (bicyclic) bond motifs is 1. The molecular formula is C17H21N5O3. The van der Waals surface area contributed by atoms with Crippen molar-refractivity contribution in [2.45, 2.75) is 43.4 Å². The largest absolute Gasteiger partial charge is 0.474 e. The van der Waals surface area contributed by atoms with Gasteiger partial charge in [0, 0.05) is 32.3 Å². The van der Waals surface area contributed by atoms with Crippen molar-refractivity contribution in [2.75, 3.05) is 13.7 Å². The molecule has 3 atom stereocenters. The molecule has 1 saturated heterocycles. The molecule has 25 heavy (non-hydrogen) atoms. The van der Waals surface area contributed by atoms with Crippen LogP contribution in [0.25, 0.3) is 0 Å². The molecule has 0 bridgehead atoms. The molecule has 1 aliphatic heterocycles. The van der Waals surface area contributed by atoms with E-state index in [1.165, 1.54) is 6.33 Å². The molecule has 0 unspecified atom stereocenters. The zero-order valence-electron chi connectivity index (χ0n) is 14.1. The lowest BCUT2D eigenvalue weighted by atomic mass is 9.79. The molecule has 1 saturated carbocycles. The van der Waals surface area contributed by atoms with Gasteiger partial charge in [-0.3, -0.25) is 9.89 Å². The van der Waals surface area contributed by atoms with E-state index in [-0.39, 0.29) is 29.5 Å². The fourth-order valence-electron chi connectivity index (χ4n) is 4.04. The number of aromatic amines is 1. The molecule has 1 amide bonds. The third-order valence-electron chi connectivity index (χ3n) is 5.35. The fraction of sp³-hybridized carbons (Fsp3) is 0.529. The summed E-state index contributed by atoms with van der Waals surface area (Å²) in [5, 5.41) is 6.44. The standard InChI is InChI=1S/C17H21N5O3/c1-24-17-6-5-12(25-14-4-2-3-8-18-14)10-13(17)22(9-7-17)16(23)15-19-11-20-21-15/h2-4,8,11-13H,5-7,9-10H2,1H3,(H,19,20,21)/t12-,13+,17-/m1/s1. The molecule has 1 aliphatic carbocycles. The summed E-state index contributed by atoms with van der Waals surface area (Å²) in [5.41, 5.74) is -0.306. The number of amides is 1. The smallest absolute Gasteiger partial charge is 0.291 e. The van der Waals surface area contributed by atoms with Gasteiger partial charge in [-0.2, -0.15) is 5.10 Å². The number of ether oxygens (including phenoxy) is 2. The van der Waals surface area contributed by atoms with E-state index >= 15 is 0 Å². The Balaban J connectivity index is 1.53. The number of rotatable bonds is 4. The third kappa shape index (κ3) is 2.86. The summed E-state index contributed by atoms with van der Waals surface area (Å²) in [6.07, 6.45) is 6.34. The number of hydrogen-bond donors (Lipinski definition) is 1. The quantitative estimate of drug-likeness (QED) is 0.903. The molecule has 8 heteroatoms. The first-order valence-electron chi connectivity index (χ1n) is 8.51. The number of methoxy groups -OCH3 is 1. The molecule has 132 valence electrons. The van der Waals surface area contributed by atoms with E-state index in [0.717, 1.165) is 19.3 Å². The van der Waals surface area contributed by atoms with Crippen molar-refractivity contribution >= 4 is 5.91 Å². The van der Waals surface area contributed by atoms with Crippen LogP contribution in [-0.2, 0) is 4.74 Å². The highest BCUT2D eigenvalue weighted by atomic mass is 16.5. The van der Waals surface area contributed by atoms with Crippen molar-refractivity contribution in [3.8, 4) is 5.88 Å². The molecule has 0 spiro atoms. The summed E-state index contributed by atoms with van der Waals surface area (Å²) in [6.45, 7) is 0.647. The maximum Gasteiger partial charge on any atom is 0.291 e. The van der Waals surface area contributed by atoms with Crippen molar-refractivity contribution in [2.24, 2.45) is 0 Å². The zero-order valence-corrected chi connectivity index (χ0v) is 14.1.